The largest absolute Gasteiger partial charge is 0.466 e. The van der Waals surface area contributed by atoms with E-state index in [0.29, 0.717) is 6.61 Å². The van der Waals surface area contributed by atoms with Crippen LogP contribution in [0.15, 0.2) is 30.5 Å². The predicted molar refractivity (Wildman–Crippen MR) is 102 cm³/mol. The van der Waals surface area contributed by atoms with Gasteiger partial charge >= 0.3 is 5.97 Å². The number of esters is 1. The maximum absolute atomic E-state index is 12.0. The molecule has 0 aromatic heterocycles. The first-order valence-electron chi connectivity index (χ1n) is 9.61. The van der Waals surface area contributed by atoms with Crippen LogP contribution in [-0.2, 0) is 16.1 Å². The van der Waals surface area contributed by atoms with Crippen molar-refractivity contribution >= 4 is 11.7 Å². The zero-order chi connectivity index (χ0) is 17.6. The minimum Gasteiger partial charge on any atom is -0.466 e. The van der Waals surface area contributed by atoms with Crippen molar-refractivity contribution < 1.29 is 9.53 Å². The van der Waals surface area contributed by atoms with Gasteiger partial charge in [-0.15, -0.1) is 0 Å². The molecule has 4 heteroatoms. The first kappa shape index (κ1) is 17.8. The summed E-state index contributed by atoms with van der Waals surface area (Å²) in [7, 11) is 0. The molecular formula is C21H30N2O2. The van der Waals surface area contributed by atoms with Crippen molar-refractivity contribution in [3.63, 3.8) is 0 Å². The number of nitrogens with one attached hydrogen (secondary N) is 1. The molecule has 1 aromatic rings. The van der Waals surface area contributed by atoms with Crippen LogP contribution in [0.2, 0.25) is 0 Å². The van der Waals surface area contributed by atoms with Gasteiger partial charge < -0.3 is 15.0 Å². The third-order valence-electron chi connectivity index (χ3n) is 5.19. The number of benzene rings is 1. The van der Waals surface area contributed by atoms with Gasteiger partial charge in [-0.2, -0.15) is 0 Å². The second-order valence-electron chi connectivity index (χ2n) is 7.06. The lowest BCUT2D eigenvalue weighted by molar-refractivity contribution is -0.148. The van der Waals surface area contributed by atoms with Crippen LogP contribution in [0.25, 0.3) is 0 Å². The fourth-order valence-corrected chi connectivity index (χ4v) is 3.60. The quantitative estimate of drug-likeness (QED) is 0.762. The molecular weight excluding hydrogens is 312 g/mol. The molecule has 25 heavy (non-hydrogen) atoms. The third kappa shape index (κ3) is 4.56. The van der Waals surface area contributed by atoms with Crippen molar-refractivity contribution in [3.8, 4) is 0 Å². The van der Waals surface area contributed by atoms with Gasteiger partial charge in [-0.05, 0) is 68.8 Å². The van der Waals surface area contributed by atoms with Gasteiger partial charge in [0.25, 0.3) is 0 Å². The fourth-order valence-electron chi connectivity index (χ4n) is 3.60. The molecule has 1 N–H and O–H groups in total. The lowest BCUT2D eigenvalue weighted by Gasteiger charge is -2.34. The molecule has 0 bridgehead atoms. The Morgan fingerprint density at radius 2 is 2.04 bits per heavy atom. The summed E-state index contributed by atoms with van der Waals surface area (Å²) >= 11 is 0. The van der Waals surface area contributed by atoms with E-state index in [1.54, 1.807) is 0 Å². The van der Waals surface area contributed by atoms with Crippen molar-refractivity contribution in [1.82, 2.24) is 5.32 Å². The summed E-state index contributed by atoms with van der Waals surface area (Å²) in [5.41, 5.74) is 4.14. The van der Waals surface area contributed by atoms with Gasteiger partial charge in [0.2, 0.25) is 0 Å². The van der Waals surface area contributed by atoms with E-state index in [4.69, 9.17) is 4.74 Å². The summed E-state index contributed by atoms with van der Waals surface area (Å²) in [6.45, 7) is 7.05. The Kier molecular flexibility index (Phi) is 6.00. The van der Waals surface area contributed by atoms with Gasteiger partial charge in [-0.1, -0.05) is 18.2 Å². The maximum Gasteiger partial charge on any atom is 0.309 e. The van der Waals surface area contributed by atoms with E-state index in [1.165, 1.54) is 29.7 Å². The summed E-state index contributed by atoms with van der Waals surface area (Å²) in [5.74, 6) is 0.796. The van der Waals surface area contributed by atoms with Crippen LogP contribution in [0.3, 0.4) is 0 Å². The number of carbonyl (C=O) groups is 1. The molecule has 0 radical (unpaired) electrons. The van der Waals surface area contributed by atoms with E-state index in [2.05, 4.69) is 28.4 Å². The van der Waals surface area contributed by atoms with E-state index in [9.17, 15) is 4.79 Å². The monoisotopic (exact) mass is 342 g/mol. The zero-order valence-corrected chi connectivity index (χ0v) is 15.5. The molecule has 136 valence electrons. The van der Waals surface area contributed by atoms with Crippen LogP contribution in [0, 0.1) is 5.92 Å². The van der Waals surface area contributed by atoms with E-state index in [-0.39, 0.29) is 11.9 Å². The van der Waals surface area contributed by atoms with Crippen LogP contribution in [0.4, 0.5) is 5.69 Å². The van der Waals surface area contributed by atoms with Crippen molar-refractivity contribution in [1.29, 1.82) is 0 Å². The summed E-state index contributed by atoms with van der Waals surface area (Å²) in [6, 6.07) is 6.95. The Morgan fingerprint density at radius 1 is 1.28 bits per heavy atom. The number of hydrogen-bond donors (Lipinski definition) is 1. The first-order valence-corrected chi connectivity index (χ1v) is 9.61. The summed E-state index contributed by atoms with van der Waals surface area (Å²) in [5, 5.41) is 3.36. The van der Waals surface area contributed by atoms with E-state index in [0.717, 1.165) is 38.4 Å². The number of nitrogens with zero attached hydrogens (tertiary/aromatic N) is 1. The van der Waals surface area contributed by atoms with Gasteiger partial charge in [0.1, 0.15) is 0 Å². The summed E-state index contributed by atoms with van der Waals surface area (Å²) in [6.07, 6.45) is 8.41. The molecule has 1 aromatic carbocycles. The molecule has 1 heterocycles. The molecule has 1 saturated heterocycles. The number of anilines is 1. The normalized spacial score (nSPS) is 18.6. The highest BCUT2D eigenvalue weighted by atomic mass is 16.5. The highest BCUT2D eigenvalue weighted by Crippen LogP contribution is 2.42. The van der Waals surface area contributed by atoms with Gasteiger partial charge in [0.05, 0.1) is 12.5 Å². The number of hydrogen-bond acceptors (Lipinski definition) is 4. The number of rotatable bonds is 7. The zero-order valence-electron chi connectivity index (χ0n) is 15.5. The predicted octanol–water partition coefficient (Wildman–Crippen LogP) is 3.97. The van der Waals surface area contributed by atoms with Gasteiger partial charge in [0, 0.05) is 25.3 Å². The lowest BCUT2D eigenvalue weighted by atomic mass is 9.95. The molecule has 0 atom stereocenters. The number of allylic oxidation sites excluding steroid dienone is 1. The van der Waals surface area contributed by atoms with E-state index < -0.39 is 0 Å². The lowest BCUT2D eigenvalue weighted by Crippen LogP contribution is -2.37. The Bertz CT molecular complexity index is 614. The Balaban J connectivity index is 1.71. The first-order chi connectivity index (χ1) is 12.2. The highest BCUT2D eigenvalue weighted by molar-refractivity contribution is 5.73. The average molecular weight is 342 g/mol. The topological polar surface area (TPSA) is 41.6 Å². The van der Waals surface area contributed by atoms with Gasteiger partial charge in [-0.3, -0.25) is 4.79 Å². The molecule has 2 fully saturated rings. The third-order valence-corrected chi connectivity index (χ3v) is 5.19. The number of piperidine rings is 1. The summed E-state index contributed by atoms with van der Waals surface area (Å²) < 4.78 is 5.20. The molecule has 1 saturated carbocycles. The minimum absolute atomic E-state index is 0.0242. The van der Waals surface area contributed by atoms with Crippen molar-refractivity contribution in [2.75, 3.05) is 24.6 Å². The van der Waals surface area contributed by atoms with Gasteiger partial charge in [0.15, 0.2) is 0 Å². The Labute approximate surface area is 151 Å². The van der Waals surface area contributed by atoms with Crippen LogP contribution in [0.1, 0.15) is 56.6 Å². The highest BCUT2D eigenvalue weighted by Gasteiger charge is 2.28. The number of carbonyl (C=O) groups excluding carboxylic acids is 1. The van der Waals surface area contributed by atoms with Gasteiger partial charge in [-0.25, -0.2) is 0 Å². The van der Waals surface area contributed by atoms with Crippen LogP contribution in [0.5, 0.6) is 0 Å². The Morgan fingerprint density at radius 3 is 2.68 bits per heavy atom. The Hall–Kier alpha value is -1.97. The fraction of sp³-hybridized carbons (Fsp3) is 0.571. The molecule has 1 aliphatic heterocycles. The molecule has 0 spiro atoms. The molecule has 1 aliphatic carbocycles. The maximum atomic E-state index is 12.0. The molecule has 0 amide bonds. The smallest absolute Gasteiger partial charge is 0.309 e. The second-order valence-corrected chi connectivity index (χ2v) is 7.06. The van der Waals surface area contributed by atoms with Crippen molar-refractivity contribution in [2.24, 2.45) is 5.92 Å². The SMILES string of the molecule is C/C=C\NCc1ccc(C2CC2)cc1N1CCC(C(=O)OCC)CC1. The standard InChI is InChI=1S/C21H30N2O2/c1-3-11-22-15-19-8-7-18(16-5-6-16)14-20(19)23-12-9-17(10-13-23)21(24)25-4-2/h3,7-8,11,14,16-17,22H,4-6,9-10,12-13,15H2,1-2H3/b11-3-. The summed E-state index contributed by atoms with van der Waals surface area (Å²) in [4.78, 5) is 14.4. The van der Waals surface area contributed by atoms with E-state index >= 15 is 0 Å². The number of ether oxygens (including phenoxy) is 1. The second kappa shape index (κ2) is 8.41. The molecule has 3 rings (SSSR count). The van der Waals surface area contributed by atoms with Crippen molar-refractivity contribution in [3.05, 3.63) is 41.6 Å². The van der Waals surface area contributed by atoms with E-state index in [1.807, 2.05) is 26.1 Å². The van der Waals surface area contributed by atoms with Crippen LogP contribution >= 0.6 is 0 Å². The van der Waals surface area contributed by atoms with Crippen molar-refractivity contribution in [2.45, 2.75) is 52.0 Å². The van der Waals surface area contributed by atoms with Crippen LogP contribution in [-0.4, -0.2) is 25.7 Å². The molecule has 0 unspecified atom stereocenters. The molecule has 4 nitrogen and oxygen atoms in total. The molecule has 2 aliphatic rings. The minimum atomic E-state index is -0.0242. The van der Waals surface area contributed by atoms with Crippen LogP contribution < -0.4 is 10.2 Å². The average Bonchev–Trinajstić information content (AvgIpc) is 3.48.